The molecule has 2 aliphatic rings. The third kappa shape index (κ3) is 2.46. The van der Waals surface area contributed by atoms with Crippen LogP contribution in [0.1, 0.15) is 33.6 Å². The molecular weight excluding hydrogens is 308 g/mol. The van der Waals surface area contributed by atoms with E-state index in [1.165, 1.54) is 0 Å². The minimum absolute atomic E-state index is 0.107. The van der Waals surface area contributed by atoms with Gasteiger partial charge in [0, 0.05) is 19.1 Å². The van der Waals surface area contributed by atoms with Crippen molar-refractivity contribution in [1.29, 1.82) is 0 Å². The molecule has 1 amide bonds. The predicted molar refractivity (Wildman–Crippen MR) is 90.1 cm³/mol. The topological polar surface area (TPSA) is 87.1 Å². The molecule has 0 atom stereocenters. The van der Waals surface area contributed by atoms with E-state index in [0.29, 0.717) is 36.1 Å². The molecular formula is C16H22N6O2. The van der Waals surface area contributed by atoms with Crippen LogP contribution >= 0.6 is 0 Å². The fourth-order valence-corrected chi connectivity index (χ4v) is 3.19. The number of rotatable bonds is 2. The Bertz CT molecular complexity index is 858. The molecule has 1 saturated heterocycles. The summed E-state index contributed by atoms with van der Waals surface area (Å²) in [6.45, 7) is 7.67. The van der Waals surface area contributed by atoms with E-state index in [2.05, 4.69) is 15.1 Å². The number of carbonyl (C=O) groups is 1. The third-order valence-corrected chi connectivity index (χ3v) is 4.61. The molecule has 2 aromatic rings. The first-order valence-corrected chi connectivity index (χ1v) is 8.37. The Morgan fingerprint density at radius 3 is 2.58 bits per heavy atom. The molecule has 2 fully saturated rings. The van der Waals surface area contributed by atoms with E-state index in [4.69, 9.17) is 0 Å². The number of anilines is 1. The van der Waals surface area contributed by atoms with E-state index in [1.807, 2.05) is 30.6 Å². The van der Waals surface area contributed by atoms with Crippen molar-refractivity contribution in [3.05, 3.63) is 16.6 Å². The van der Waals surface area contributed by atoms with Gasteiger partial charge in [-0.1, -0.05) is 0 Å². The maximum atomic E-state index is 12.4. The minimum atomic E-state index is -0.277. The van der Waals surface area contributed by atoms with Crippen molar-refractivity contribution < 1.29 is 4.79 Å². The Morgan fingerprint density at radius 2 is 1.96 bits per heavy atom. The van der Waals surface area contributed by atoms with E-state index in [9.17, 15) is 9.59 Å². The first-order chi connectivity index (χ1) is 11.3. The Balaban J connectivity index is 1.69. The van der Waals surface area contributed by atoms with Crippen molar-refractivity contribution >= 4 is 22.9 Å². The van der Waals surface area contributed by atoms with Crippen molar-refractivity contribution in [2.24, 2.45) is 0 Å². The standard InChI is InChI=1S/C16H22N6O2/c1-16(2,3)22-13-11(8-17-22)14(24)19-15(18-13)20-6-7-21(10-4-5-10)12(23)9-20/h8,10H,4-7,9H2,1-3H3,(H,18,19,24). The van der Waals surface area contributed by atoms with Gasteiger partial charge in [-0.3, -0.25) is 14.6 Å². The molecule has 8 heteroatoms. The summed E-state index contributed by atoms with van der Waals surface area (Å²) in [6, 6.07) is 0.427. The second-order valence-electron chi connectivity index (χ2n) is 7.59. The van der Waals surface area contributed by atoms with Crippen molar-refractivity contribution in [3.63, 3.8) is 0 Å². The van der Waals surface area contributed by atoms with Gasteiger partial charge in [0.2, 0.25) is 11.9 Å². The molecule has 128 valence electrons. The summed E-state index contributed by atoms with van der Waals surface area (Å²) in [5, 5.41) is 4.78. The van der Waals surface area contributed by atoms with Crippen LogP contribution in [0.15, 0.2) is 11.0 Å². The SMILES string of the molecule is CC(C)(C)n1ncc2c(=O)[nH]c(N3CCN(C4CC4)C(=O)C3)nc21. The highest BCUT2D eigenvalue weighted by atomic mass is 16.2. The highest BCUT2D eigenvalue weighted by Crippen LogP contribution is 2.28. The number of aromatic amines is 1. The van der Waals surface area contributed by atoms with Crippen LogP contribution in [0.3, 0.4) is 0 Å². The van der Waals surface area contributed by atoms with Gasteiger partial charge in [-0.15, -0.1) is 0 Å². The largest absolute Gasteiger partial charge is 0.336 e. The molecule has 1 aliphatic heterocycles. The van der Waals surface area contributed by atoms with Crippen LogP contribution in [0.5, 0.6) is 0 Å². The van der Waals surface area contributed by atoms with E-state index in [-0.39, 0.29) is 23.6 Å². The van der Waals surface area contributed by atoms with Gasteiger partial charge in [0.25, 0.3) is 5.56 Å². The van der Waals surface area contributed by atoms with Crippen molar-refractivity contribution in [2.75, 3.05) is 24.5 Å². The fourth-order valence-electron chi connectivity index (χ4n) is 3.19. The summed E-state index contributed by atoms with van der Waals surface area (Å²) in [5.74, 6) is 0.554. The molecule has 0 radical (unpaired) electrons. The first-order valence-electron chi connectivity index (χ1n) is 8.37. The van der Waals surface area contributed by atoms with E-state index >= 15 is 0 Å². The van der Waals surface area contributed by atoms with Gasteiger partial charge < -0.3 is 9.80 Å². The molecule has 0 aromatic carbocycles. The Morgan fingerprint density at radius 1 is 1.21 bits per heavy atom. The lowest BCUT2D eigenvalue weighted by Gasteiger charge is -2.34. The molecule has 24 heavy (non-hydrogen) atoms. The van der Waals surface area contributed by atoms with Crippen LogP contribution in [0.4, 0.5) is 5.95 Å². The lowest BCUT2D eigenvalue weighted by molar-refractivity contribution is -0.131. The molecule has 1 N–H and O–H groups in total. The van der Waals surface area contributed by atoms with Crippen LogP contribution in [0.2, 0.25) is 0 Å². The number of H-pyrrole nitrogens is 1. The van der Waals surface area contributed by atoms with Crippen molar-refractivity contribution in [3.8, 4) is 0 Å². The molecule has 0 unspecified atom stereocenters. The summed E-state index contributed by atoms with van der Waals surface area (Å²) in [7, 11) is 0. The number of carbonyl (C=O) groups excluding carboxylic acids is 1. The molecule has 2 aromatic heterocycles. The van der Waals surface area contributed by atoms with Crippen LogP contribution in [-0.2, 0) is 10.3 Å². The summed E-state index contributed by atoms with van der Waals surface area (Å²) < 4.78 is 1.75. The van der Waals surface area contributed by atoms with Crippen molar-refractivity contribution in [1.82, 2.24) is 24.6 Å². The molecule has 4 rings (SSSR count). The van der Waals surface area contributed by atoms with Crippen molar-refractivity contribution in [2.45, 2.75) is 45.2 Å². The molecule has 8 nitrogen and oxygen atoms in total. The second-order valence-corrected chi connectivity index (χ2v) is 7.59. The predicted octanol–water partition coefficient (Wildman–Crippen LogP) is 0.686. The number of nitrogens with zero attached hydrogens (tertiary/aromatic N) is 5. The second kappa shape index (κ2) is 5.06. The lowest BCUT2D eigenvalue weighted by atomic mass is 10.1. The quantitative estimate of drug-likeness (QED) is 0.875. The van der Waals surface area contributed by atoms with Gasteiger partial charge in [0.15, 0.2) is 5.65 Å². The third-order valence-electron chi connectivity index (χ3n) is 4.61. The normalized spacial score (nSPS) is 19.4. The van der Waals surface area contributed by atoms with Gasteiger partial charge in [0.1, 0.15) is 5.39 Å². The van der Waals surface area contributed by atoms with Gasteiger partial charge in [0.05, 0.1) is 18.3 Å². The first kappa shape index (κ1) is 15.2. The lowest BCUT2D eigenvalue weighted by Crippen LogP contribution is -2.52. The zero-order valence-corrected chi connectivity index (χ0v) is 14.2. The zero-order chi connectivity index (χ0) is 17.1. The van der Waals surface area contributed by atoms with Gasteiger partial charge in [-0.25, -0.2) is 4.68 Å². The number of piperazine rings is 1. The number of hydrogen-bond donors (Lipinski definition) is 1. The summed E-state index contributed by atoms with van der Waals surface area (Å²) in [6.07, 6.45) is 3.77. The number of amides is 1. The Labute approximate surface area is 139 Å². The number of nitrogens with one attached hydrogen (secondary N) is 1. The monoisotopic (exact) mass is 330 g/mol. The maximum Gasteiger partial charge on any atom is 0.263 e. The molecule has 3 heterocycles. The zero-order valence-electron chi connectivity index (χ0n) is 14.2. The Kier molecular flexibility index (Phi) is 3.20. The number of aromatic nitrogens is 4. The highest BCUT2D eigenvalue weighted by molar-refractivity contribution is 5.83. The highest BCUT2D eigenvalue weighted by Gasteiger charge is 2.36. The maximum absolute atomic E-state index is 12.4. The average Bonchev–Trinajstić information content (AvgIpc) is 3.23. The van der Waals surface area contributed by atoms with Gasteiger partial charge in [-0.2, -0.15) is 10.1 Å². The minimum Gasteiger partial charge on any atom is -0.336 e. The molecule has 0 spiro atoms. The van der Waals surface area contributed by atoms with Crippen LogP contribution in [0.25, 0.3) is 11.0 Å². The summed E-state index contributed by atoms with van der Waals surface area (Å²) >= 11 is 0. The van der Waals surface area contributed by atoms with Crippen LogP contribution < -0.4 is 10.5 Å². The molecule has 0 bridgehead atoms. The molecule has 1 saturated carbocycles. The van der Waals surface area contributed by atoms with E-state index < -0.39 is 0 Å². The molecule has 1 aliphatic carbocycles. The summed E-state index contributed by atoms with van der Waals surface area (Å²) in [4.78, 5) is 35.9. The van der Waals surface area contributed by atoms with E-state index in [1.54, 1.807) is 10.9 Å². The number of hydrogen-bond acceptors (Lipinski definition) is 5. The smallest absolute Gasteiger partial charge is 0.263 e. The van der Waals surface area contributed by atoms with Gasteiger partial charge >= 0.3 is 0 Å². The number of fused-ring (bicyclic) bond motifs is 1. The Hall–Kier alpha value is -2.38. The van der Waals surface area contributed by atoms with E-state index in [0.717, 1.165) is 12.8 Å². The van der Waals surface area contributed by atoms with Crippen LogP contribution in [0, 0.1) is 0 Å². The average molecular weight is 330 g/mol. The van der Waals surface area contributed by atoms with Gasteiger partial charge in [-0.05, 0) is 33.6 Å². The fraction of sp³-hybridized carbons (Fsp3) is 0.625. The summed E-state index contributed by atoms with van der Waals surface area (Å²) in [5.41, 5.74) is 0.0567. The van der Waals surface area contributed by atoms with Crippen LogP contribution in [-0.4, -0.2) is 56.2 Å².